The molecule has 2 saturated heterocycles. The van der Waals surface area contributed by atoms with Crippen molar-refractivity contribution >= 4 is 22.8 Å². The van der Waals surface area contributed by atoms with Crippen LogP contribution in [0.1, 0.15) is 30.5 Å². The van der Waals surface area contributed by atoms with E-state index in [2.05, 4.69) is 32.0 Å². The number of rotatable bonds is 4. The summed E-state index contributed by atoms with van der Waals surface area (Å²) < 4.78 is 5.29. The molecule has 1 amide bonds. The van der Waals surface area contributed by atoms with E-state index in [0.717, 1.165) is 50.1 Å². The summed E-state index contributed by atoms with van der Waals surface area (Å²) in [5.41, 5.74) is 2.96. The normalized spacial score (nSPS) is 18.5. The zero-order valence-corrected chi connectivity index (χ0v) is 17.5. The number of nitrogens with zero attached hydrogens (tertiary/aromatic N) is 4. The number of fused-ring (bicyclic) bond motifs is 1. The van der Waals surface area contributed by atoms with Crippen LogP contribution in [0, 0.1) is 12.3 Å². The Morgan fingerprint density at radius 2 is 1.90 bits per heavy atom. The third kappa shape index (κ3) is 3.18. The number of aromatic amines is 1. The largest absolute Gasteiger partial charge is 0.481 e. The summed E-state index contributed by atoms with van der Waals surface area (Å²) in [5.74, 6) is 1.58. The molecular weight excluding hydrogens is 378 g/mol. The first-order valence-corrected chi connectivity index (χ1v) is 10.6. The van der Waals surface area contributed by atoms with Crippen molar-refractivity contribution in [1.82, 2.24) is 19.9 Å². The molecule has 0 atom stereocenters. The fraction of sp³-hybridized carbons (Fsp3) is 0.435. The van der Waals surface area contributed by atoms with Crippen LogP contribution in [0.15, 0.2) is 36.5 Å². The van der Waals surface area contributed by atoms with Gasteiger partial charge in [0.15, 0.2) is 0 Å². The van der Waals surface area contributed by atoms with Gasteiger partial charge in [-0.2, -0.15) is 4.98 Å². The third-order valence-electron chi connectivity index (χ3n) is 6.67. The van der Waals surface area contributed by atoms with E-state index in [1.54, 1.807) is 7.11 Å². The van der Waals surface area contributed by atoms with Gasteiger partial charge in [-0.25, -0.2) is 4.98 Å². The second-order valence-electron chi connectivity index (χ2n) is 8.46. The number of H-pyrrole nitrogens is 1. The standard InChI is InChI=1S/C23H27N5O2/c1-16-13-20(30-2)26-22(25-16)27-10-7-23(8-11-27)9-12-28(21(23)29)15-17-14-24-19-6-4-3-5-18(17)19/h3-6,13-14,24H,7-12,15H2,1-2H3. The van der Waals surface area contributed by atoms with E-state index in [0.29, 0.717) is 24.3 Å². The minimum Gasteiger partial charge on any atom is -0.481 e. The second-order valence-corrected chi connectivity index (χ2v) is 8.46. The number of ether oxygens (including phenoxy) is 1. The molecule has 4 heterocycles. The van der Waals surface area contributed by atoms with Gasteiger partial charge in [-0.15, -0.1) is 0 Å². The van der Waals surface area contributed by atoms with Crippen molar-refractivity contribution in [3.8, 4) is 5.88 Å². The maximum absolute atomic E-state index is 13.4. The summed E-state index contributed by atoms with van der Waals surface area (Å²) in [5, 5.41) is 1.20. The number of piperidine rings is 1. The van der Waals surface area contributed by atoms with Gasteiger partial charge < -0.3 is 19.5 Å². The van der Waals surface area contributed by atoms with Crippen molar-refractivity contribution in [2.75, 3.05) is 31.6 Å². The molecule has 2 aliphatic heterocycles. The lowest BCUT2D eigenvalue weighted by Gasteiger charge is -2.38. The Labute approximate surface area is 176 Å². The Morgan fingerprint density at radius 1 is 1.13 bits per heavy atom. The Morgan fingerprint density at radius 3 is 2.70 bits per heavy atom. The smallest absolute Gasteiger partial charge is 0.229 e. The zero-order chi connectivity index (χ0) is 20.7. The van der Waals surface area contributed by atoms with Crippen LogP contribution in [0.25, 0.3) is 10.9 Å². The second kappa shape index (κ2) is 7.31. The van der Waals surface area contributed by atoms with Gasteiger partial charge in [0, 0.05) is 55.0 Å². The van der Waals surface area contributed by atoms with Gasteiger partial charge >= 0.3 is 0 Å². The van der Waals surface area contributed by atoms with Gasteiger partial charge in [0.1, 0.15) is 0 Å². The van der Waals surface area contributed by atoms with E-state index in [9.17, 15) is 4.79 Å². The average molecular weight is 406 g/mol. The number of amides is 1. The Balaban J connectivity index is 1.28. The van der Waals surface area contributed by atoms with Crippen LogP contribution < -0.4 is 9.64 Å². The van der Waals surface area contributed by atoms with E-state index in [1.807, 2.05) is 36.2 Å². The molecule has 2 aromatic heterocycles. The van der Waals surface area contributed by atoms with E-state index >= 15 is 0 Å². The lowest BCUT2D eigenvalue weighted by atomic mass is 9.77. The number of anilines is 1. The molecular formula is C23H27N5O2. The molecule has 0 radical (unpaired) electrons. The Hall–Kier alpha value is -3.09. The van der Waals surface area contributed by atoms with Gasteiger partial charge in [-0.1, -0.05) is 18.2 Å². The van der Waals surface area contributed by atoms with E-state index < -0.39 is 0 Å². The van der Waals surface area contributed by atoms with Crippen molar-refractivity contribution in [2.45, 2.75) is 32.7 Å². The van der Waals surface area contributed by atoms with Crippen LogP contribution >= 0.6 is 0 Å². The number of aromatic nitrogens is 3. The third-order valence-corrected chi connectivity index (χ3v) is 6.67. The fourth-order valence-corrected chi connectivity index (χ4v) is 4.88. The molecule has 7 heteroatoms. The number of methoxy groups -OCH3 is 1. The molecule has 1 aromatic carbocycles. The molecule has 0 unspecified atom stereocenters. The first-order valence-electron chi connectivity index (χ1n) is 10.6. The number of hydrogen-bond donors (Lipinski definition) is 1. The molecule has 2 fully saturated rings. The predicted molar refractivity (Wildman–Crippen MR) is 116 cm³/mol. The summed E-state index contributed by atoms with van der Waals surface area (Å²) in [6, 6.07) is 10.1. The Bertz CT molecular complexity index is 1080. The molecule has 7 nitrogen and oxygen atoms in total. The lowest BCUT2D eigenvalue weighted by molar-refractivity contribution is -0.137. The number of likely N-dealkylation sites (tertiary alicyclic amines) is 1. The molecule has 30 heavy (non-hydrogen) atoms. The van der Waals surface area contributed by atoms with Gasteiger partial charge in [0.2, 0.25) is 17.7 Å². The molecule has 2 aliphatic rings. The van der Waals surface area contributed by atoms with Crippen molar-refractivity contribution in [1.29, 1.82) is 0 Å². The highest BCUT2D eigenvalue weighted by Gasteiger charge is 2.48. The molecule has 0 saturated carbocycles. The number of para-hydroxylation sites is 1. The molecule has 1 N–H and O–H groups in total. The molecule has 0 aliphatic carbocycles. The Kier molecular flexibility index (Phi) is 4.60. The minimum absolute atomic E-state index is 0.240. The van der Waals surface area contributed by atoms with Crippen LogP contribution in [-0.4, -0.2) is 52.5 Å². The van der Waals surface area contributed by atoms with Gasteiger partial charge in [-0.3, -0.25) is 4.79 Å². The number of hydrogen-bond acceptors (Lipinski definition) is 5. The number of benzene rings is 1. The van der Waals surface area contributed by atoms with Crippen LogP contribution in [0.3, 0.4) is 0 Å². The number of carbonyl (C=O) groups is 1. The predicted octanol–water partition coefficient (Wildman–Crippen LogP) is 3.29. The quantitative estimate of drug-likeness (QED) is 0.721. The van der Waals surface area contributed by atoms with Crippen LogP contribution in [0.2, 0.25) is 0 Å². The van der Waals surface area contributed by atoms with Gasteiger partial charge in [0.25, 0.3) is 0 Å². The first kappa shape index (κ1) is 18.9. The monoisotopic (exact) mass is 405 g/mol. The van der Waals surface area contributed by atoms with E-state index in [4.69, 9.17) is 4.74 Å². The topological polar surface area (TPSA) is 74.3 Å². The highest BCUT2D eigenvalue weighted by Crippen LogP contribution is 2.42. The summed E-state index contributed by atoms with van der Waals surface area (Å²) >= 11 is 0. The van der Waals surface area contributed by atoms with Crippen molar-refractivity contribution < 1.29 is 9.53 Å². The molecule has 5 rings (SSSR count). The van der Waals surface area contributed by atoms with E-state index in [1.165, 1.54) is 10.9 Å². The van der Waals surface area contributed by atoms with Gasteiger partial charge in [-0.05, 0) is 37.8 Å². The first-order chi connectivity index (χ1) is 14.6. The maximum atomic E-state index is 13.4. The number of carbonyl (C=O) groups excluding carboxylic acids is 1. The highest BCUT2D eigenvalue weighted by atomic mass is 16.5. The van der Waals surface area contributed by atoms with Crippen LogP contribution in [0.4, 0.5) is 5.95 Å². The highest BCUT2D eigenvalue weighted by molar-refractivity contribution is 5.87. The average Bonchev–Trinajstić information content (AvgIpc) is 3.31. The summed E-state index contributed by atoms with van der Waals surface area (Å²) in [7, 11) is 1.62. The molecule has 3 aromatic rings. The van der Waals surface area contributed by atoms with Crippen LogP contribution in [0.5, 0.6) is 5.88 Å². The summed E-state index contributed by atoms with van der Waals surface area (Å²) in [4.78, 5) is 30.0. The fourth-order valence-electron chi connectivity index (χ4n) is 4.88. The molecule has 1 spiro atoms. The molecule has 156 valence electrons. The van der Waals surface area contributed by atoms with Crippen LogP contribution in [-0.2, 0) is 11.3 Å². The lowest BCUT2D eigenvalue weighted by Crippen LogP contribution is -2.45. The van der Waals surface area contributed by atoms with Gasteiger partial charge in [0.05, 0.1) is 12.5 Å². The maximum Gasteiger partial charge on any atom is 0.229 e. The molecule has 0 bridgehead atoms. The number of aryl methyl sites for hydroxylation is 1. The van der Waals surface area contributed by atoms with Crippen molar-refractivity contribution in [3.05, 3.63) is 47.8 Å². The summed E-state index contributed by atoms with van der Waals surface area (Å²) in [6.07, 6.45) is 4.65. The minimum atomic E-state index is -0.240. The zero-order valence-electron chi connectivity index (χ0n) is 17.5. The summed E-state index contributed by atoms with van der Waals surface area (Å²) in [6.45, 7) is 5.03. The SMILES string of the molecule is COc1cc(C)nc(N2CCC3(CCN(Cc4c[nH]c5ccccc45)C3=O)CC2)n1. The number of nitrogens with one attached hydrogen (secondary N) is 1. The van der Waals surface area contributed by atoms with Crippen molar-refractivity contribution in [3.63, 3.8) is 0 Å². The van der Waals surface area contributed by atoms with Crippen molar-refractivity contribution in [2.24, 2.45) is 5.41 Å². The van der Waals surface area contributed by atoms with E-state index in [-0.39, 0.29) is 5.41 Å².